The Morgan fingerprint density at radius 3 is 1.89 bits per heavy atom. The third-order valence-electron chi connectivity index (χ3n) is 1.30. The van der Waals surface area contributed by atoms with Crippen LogP contribution in [0.15, 0.2) is 0 Å². The smallest absolute Gasteiger partial charge is 0.270 e. The van der Waals surface area contributed by atoms with E-state index in [0.29, 0.717) is 0 Å². The molecule has 4 heteroatoms. The van der Waals surface area contributed by atoms with Crippen LogP contribution < -0.4 is 0 Å². The molecule has 0 aromatic carbocycles. The van der Waals surface area contributed by atoms with Crippen LogP contribution in [0, 0.1) is 6.92 Å². The van der Waals surface area contributed by atoms with Crippen LogP contribution in [-0.4, -0.2) is 17.7 Å². The minimum Gasteiger partial charge on any atom is -0.285 e. The first-order valence-electron chi connectivity index (χ1n) is 2.57. The average Bonchev–Trinajstić information content (AvgIpc) is 1.64. The number of rotatable bonds is 2. The van der Waals surface area contributed by atoms with Crippen LogP contribution in [0.1, 0.15) is 20.3 Å². The van der Waals surface area contributed by atoms with E-state index < -0.39 is 14.9 Å². The zero-order chi connectivity index (χ0) is 7.71. The largest absolute Gasteiger partial charge is 0.285 e. The molecule has 0 aromatic rings. The van der Waals surface area contributed by atoms with Crippen molar-refractivity contribution in [3.63, 3.8) is 0 Å². The molecular weight excluding hydrogens is 140 g/mol. The molecule has 0 aliphatic rings. The van der Waals surface area contributed by atoms with Gasteiger partial charge in [0.15, 0.2) is 0 Å². The summed E-state index contributed by atoms with van der Waals surface area (Å²) < 4.78 is 28.2. The second-order valence-corrected chi connectivity index (χ2v) is 4.54. The van der Waals surface area contributed by atoms with Gasteiger partial charge in [0.05, 0.1) is 4.75 Å². The van der Waals surface area contributed by atoms with Crippen LogP contribution in [0.4, 0.5) is 0 Å². The second-order valence-electron chi connectivity index (χ2n) is 2.48. The summed E-state index contributed by atoms with van der Waals surface area (Å²) in [5, 5.41) is 0. The van der Waals surface area contributed by atoms with Crippen molar-refractivity contribution in [2.75, 3.05) is 0 Å². The maximum absolute atomic E-state index is 10.4. The molecule has 0 aromatic heterocycles. The van der Waals surface area contributed by atoms with Gasteiger partial charge in [-0.25, -0.2) is 0 Å². The van der Waals surface area contributed by atoms with Crippen LogP contribution in [0.3, 0.4) is 0 Å². The fourth-order valence-electron chi connectivity index (χ4n) is 0.129. The molecule has 0 spiro atoms. The van der Waals surface area contributed by atoms with E-state index in [2.05, 4.69) is 6.92 Å². The van der Waals surface area contributed by atoms with E-state index in [0.717, 1.165) is 0 Å². The van der Waals surface area contributed by atoms with Crippen molar-refractivity contribution in [3.8, 4) is 0 Å². The van der Waals surface area contributed by atoms with Crippen LogP contribution in [0.25, 0.3) is 0 Å². The predicted molar refractivity (Wildman–Crippen MR) is 35.6 cm³/mol. The molecular formula is C5H11O3S. The first-order chi connectivity index (χ1) is 3.81. The zero-order valence-electron chi connectivity index (χ0n) is 5.59. The van der Waals surface area contributed by atoms with Gasteiger partial charge in [0.25, 0.3) is 10.1 Å². The zero-order valence-corrected chi connectivity index (χ0v) is 6.40. The normalized spacial score (nSPS) is 13.8. The molecule has 55 valence electrons. The highest BCUT2D eigenvalue weighted by molar-refractivity contribution is 7.87. The number of hydrogen-bond donors (Lipinski definition) is 1. The Kier molecular flexibility index (Phi) is 2.24. The van der Waals surface area contributed by atoms with Crippen molar-refractivity contribution in [2.45, 2.75) is 25.0 Å². The maximum Gasteiger partial charge on any atom is 0.270 e. The topological polar surface area (TPSA) is 54.4 Å². The lowest BCUT2D eigenvalue weighted by Crippen LogP contribution is -2.30. The molecule has 1 radical (unpaired) electrons. The molecule has 0 heterocycles. The van der Waals surface area contributed by atoms with E-state index in [4.69, 9.17) is 4.55 Å². The van der Waals surface area contributed by atoms with Crippen molar-refractivity contribution in [1.82, 2.24) is 0 Å². The highest BCUT2D eigenvalue weighted by atomic mass is 32.2. The standard InChI is InChI=1S/C5H11O3S/c1-4-5(2,3)9(6,7)8/h1,4H2,2-3H3,(H,6,7,8). The summed E-state index contributed by atoms with van der Waals surface area (Å²) in [4.78, 5) is 0. The Hall–Kier alpha value is -0.0900. The Morgan fingerprint density at radius 1 is 1.56 bits per heavy atom. The van der Waals surface area contributed by atoms with Gasteiger partial charge in [-0.05, 0) is 20.3 Å². The van der Waals surface area contributed by atoms with E-state index in [-0.39, 0.29) is 6.42 Å². The van der Waals surface area contributed by atoms with Gasteiger partial charge in [-0.1, -0.05) is 6.92 Å². The first-order valence-corrected chi connectivity index (χ1v) is 4.01. The first kappa shape index (κ1) is 8.91. The minimum absolute atomic E-state index is 0.172. The molecule has 1 N–H and O–H groups in total. The van der Waals surface area contributed by atoms with Gasteiger partial charge in [-0.15, -0.1) is 0 Å². The second kappa shape index (κ2) is 2.27. The highest BCUT2D eigenvalue weighted by Crippen LogP contribution is 2.17. The maximum atomic E-state index is 10.4. The monoisotopic (exact) mass is 151 g/mol. The van der Waals surface area contributed by atoms with Crippen LogP contribution in [-0.2, 0) is 10.1 Å². The van der Waals surface area contributed by atoms with Gasteiger partial charge in [-0.3, -0.25) is 4.55 Å². The van der Waals surface area contributed by atoms with Gasteiger partial charge in [0.2, 0.25) is 0 Å². The van der Waals surface area contributed by atoms with Crippen LogP contribution in [0.5, 0.6) is 0 Å². The third kappa shape index (κ3) is 1.95. The van der Waals surface area contributed by atoms with Crippen LogP contribution in [0.2, 0.25) is 0 Å². The van der Waals surface area contributed by atoms with E-state index in [1.54, 1.807) is 0 Å². The Morgan fingerprint density at radius 2 is 1.89 bits per heavy atom. The molecule has 0 unspecified atom stereocenters. The van der Waals surface area contributed by atoms with E-state index >= 15 is 0 Å². The highest BCUT2D eigenvalue weighted by Gasteiger charge is 2.29. The minimum atomic E-state index is -3.91. The summed E-state index contributed by atoms with van der Waals surface area (Å²) in [5.41, 5.74) is 0. The molecule has 0 amide bonds. The molecule has 0 aliphatic heterocycles. The summed E-state index contributed by atoms with van der Waals surface area (Å²) in [7, 11) is -3.91. The summed E-state index contributed by atoms with van der Waals surface area (Å²) in [6, 6.07) is 0. The Bertz CT molecular complexity index is 178. The molecule has 0 saturated heterocycles. The van der Waals surface area contributed by atoms with Crippen molar-refractivity contribution in [3.05, 3.63) is 6.92 Å². The van der Waals surface area contributed by atoms with Crippen molar-refractivity contribution in [2.24, 2.45) is 0 Å². The average molecular weight is 151 g/mol. The summed E-state index contributed by atoms with van der Waals surface area (Å²) in [6.07, 6.45) is 0.172. The van der Waals surface area contributed by atoms with Crippen molar-refractivity contribution in [1.29, 1.82) is 0 Å². The number of hydrogen-bond acceptors (Lipinski definition) is 2. The molecule has 0 bridgehead atoms. The summed E-state index contributed by atoms with van der Waals surface area (Å²) in [5.74, 6) is 0. The fourth-order valence-corrected chi connectivity index (χ4v) is 0.387. The quantitative estimate of drug-likeness (QED) is 0.596. The SMILES string of the molecule is [CH2]CC(C)(C)S(=O)(=O)O. The molecule has 0 atom stereocenters. The molecule has 3 nitrogen and oxygen atoms in total. The van der Waals surface area contributed by atoms with E-state index in [9.17, 15) is 8.42 Å². The van der Waals surface area contributed by atoms with Gasteiger partial charge in [0, 0.05) is 0 Å². The van der Waals surface area contributed by atoms with Crippen molar-refractivity contribution < 1.29 is 13.0 Å². The van der Waals surface area contributed by atoms with Gasteiger partial charge >= 0.3 is 0 Å². The van der Waals surface area contributed by atoms with E-state index in [1.165, 1.54) is 13.8 Å². The van der Waals surface area contributed by atoms with Crippen LogP contribution >= 0.6 is 0 Å². The van der Waals surface area contributed by atoms with Crippen molar-refractivity contribution >= 4 is 10.1 Å². The van der Waals surface area contributed by atoms with E-state index in [1.807, 2.05) is 0 Å². The summed E-state index contributed by atoms with van der Waals surface area (Å²) >= 11 is 0. The van der Waals surface area contributed by atoms with Gasteiger partial charge in [-0.2, -0.15) is 8.42 Å². The van der Waals surface area contributed by atoms with Gasteiger partial charge < -0.3 is 0 Å². The molecule has 0 rings (SSSR count). The lowest BCUT2D eigenvalue weighted by Gasteiger charge is -2.17. The molecule has 0 saturated carbocycles. The molecule has 0 aliphatic carbocycles. The molecule has 9 heavy (non-hydrogen) atoms. The Balaban J connectivity index is 4.56. The molecule has 0 fully saturated rings. The van der Waals surface area contributed by atoms with Gasteiger partial charge in [0.1, 0.15) is 0 Å². The lowest BCUT2D eigenvalue weighted by atomic mass is 10.1. The Labute approximate surface area is 55.8 Å². The summed E-state index contributed by atoms with van der Waals surface area (Å²) in [6.45, 7) is 6.24. The predicted octanol–water partition coefficient (Wildman–Crippen LogP) is 0.877. The third-order valence-corrected chi connectivity index (χ3v) is 2.90. The fraction of sp³-hybridized carbons (Fsp3) is 0.800. The lowest BCUT2D eigenvalue weighted by molar-refractivity contribution is 0.441.